The van der Waals surface area contributed by atoms with Gasteiger partial charge in [0.15, 0.2) is 0 Å². The minimum absolute atomic E-state index is 0.205. The smallest absolute Gasteiger partial charge is 0.131 e. The molecule has 108 valence electrons. The molecule has 1 saturated carbocycles. The first kappa shape index (κ1) is 13.4. The summed E-state index contributed by atoms with van der Waals surface area (Å²) in [4.78, 5) is 7.19. The molecule has 0 bridgehead atoms. The predicted molar refractivity (Wildman–Crippen MR) is 85.6 cm³/mol. The van der Waals surface area contributed by atoms with Gasteiger partial charge >= 0.3 is 0 Å². The Bertz CT molecular complexity index is 544. The molecule has 1 aromatic heterocycles. The Kier molecular flexibility index (Phi) is 3.24. The van der Waals surface area contributed by atoms with Crippen LogP contribution >= 0.6 is 27.5 Å². The number of anilines is 1. The first-order valence-electron chi connectivity index (χ1n) is 7.52. The summed E-state index contributed by atoms with van der Waals surface area (Å²) in [7, 11) is 0. The topological polar surface area (TPSA) is 28.2 Å². The van der Waals surface area contributed by atoms with Gasteiger partial charge in [-0.3, -0.25) is 0 Å². The Labute approximate surface area is 133 Å². The number of rotatable bonds is 1. The third-order valence-corrected chi connectivity index (χ3v) is 6.56. The first-order valence-corrected chi connectivity index (χ1v) is 8.69. The number of likely N-dealkylation sites (tertiary alicyclic amines) is 1. The van der Waals surface area contributed by atoms with Crippen molar-refractivity contribution >= 4 is 33.3 Å². The van der Waals surface area contributed by atoms with Crippen LogP contribution < -0.4 is 5.32 Å². The third-order valence-electron chi connectivity index (χ3n) is 5.34. The lowest BCUT2D eigenvalue weighted by molar-refractivity contribution is 0.238. The van der Waals surface area contributed by atoms with Crippen LogP contribution in [0.5, 0.6) is 0 Å². The van der Waals surface area contributed by atoms with E-state index in [-0.39, 0.29) is 5.41 Å². The molecule has 0 amide bonds. The minimum Gasteiger partial charge on any atom is -0.369 e. The molecule has 2 fully saturated rings. The highest BCUT2D eigenvalue weighted by Crippen LogP contribution is 2.52. The van der Waals surface area contributed by atoms with Gasteiger partial charge < -0.3 is 10.2 Å². The highest BCUT2D eigenvalue weighted by Gasteiger charge is 2.48. The second-order valence-electron chi connectivity index (χ2n) is 6.42. The van der Waals surface area contributed by atoms with Crippen LogP contribution in [0.25, 0.3) is 0 Å². The Balaban J connectivity index is 1.67. The molecule has 4 rings (SSSR count). The average molecular weight is 357 g/mol. The first-order chi connectivity index (χ1) is 9.70. The largest absolute Gasteiger partial charge is 0.369 e. The Hall–Kier alpha value is -0.320. The SMILES string of the molecule is Clc1c(Br)cnc2c1C1(CCC(N3CCCC3)C1)CN2. The molecule has 1 aliphatic carbocycles. The zero-order valence-corrected chi connectivity index (χ0v) is 13.8. The van der Waals surface area contributed by atoms with Crippen LogP contribution in [-0.2, 0) is 5.41 Å². The molecule has 1 N–H and O–H groups in total. The molecule has 1 aromatic rings. The molecule has 0 aromatic carbocycles. The summed E-state index contributed by atoms with van der Waals surface area (Å²) in [5, 5.41) is 4.34. The van der Waals surface area contributed by atoms with Crippen LogP contribution in [0.15, 0.2) is 10.7 Å². The van der Waals surface area contributed by atoms with Gasteiger partial charge in [0.1, 0.15) is 5.82 Å². The zero-order chi connectivity index (χ0) is 13.7. The second kappa shape index (κ2) is 4.85. The summed E-state index contributed by atoms with van der Waals surface area (Å²) in [5.41, 5.74) is 1.46. The van der Waals surface area contributed by atoms with Gasteiger partial charge in [-0.05, 0) is 61.1 Å². The maximum Gasteiger partial charge on any atom is 0.131 e. The van der Waals surface area contributed by atoms with Crippen LogP contribution in [0.1, 0.15) is 37.7 Å². The van der Waals surface area contributed by atoms with E-state index in [0.29, 0.717) is 0 Å². The lowest BCUT2D eigenvalue weighted by Crippen LogP contribution is -2.33. The molecule has 3 aliphatic rings. The van der Waals surface area contributed by atoms with Crippen LogP contribution in [0, 0.1) is 0 Å². The van der Waals surface area contributed by atoms with Crippen LogP contribution in [0.2, 0.25) is 5.02 Å². The summed E-state index contributed by atoms with van der Waals surface area (Å²) in [6.45, 7) is 3.56. The molecule has 0 radical (unpaired) electrons. The van der Waals surface area contributed by atoms with Gasteiger partial charge in [0.25, 0.3) is 0 Å². The zero-order valence-electron chi connectivity index (χ0n) is 11.5. The Morgan fingerprint density at radius 1 is 1.40 bits per heavy atom. The lowest BCUT2D eigenvalue weighted by Gasteiger charge is -2.28. The molecule has 3 heterocycles. The fraction of sp³-hybridized carbons (Fsp3) is 0.667. The van der Waals surface area contributed by atoms with E-state index in [1.165, 1.54) is 50.8 Å². The van der Waals surface area contributed by atoms with Gasteiger partial charge in [0.05, 0.1) is 9.50 Å². The van der Waals surface area contributed by atoms with Gasteiger partial charge in [0.2, 0.25) is 0 Å². The molecule has 2 aliphatic heterocycles. The van der Waals surface area contributed by atoms with E-state index in [4.69, 9.17) is 11.6 Å². The van der Waals surface area contributed by atoms with Crippen molar-refractivity contribution in [1.29, 1.82) is 0 Å². The lowest BCUT2D eigenvalue weighted by atomic mass is 9.81. The van der Waals surface area contributed by atoms with Crippen molar-refractivity contribution in [3.63, 3.8) is 0 Å². The van der Waals surface area contributed by atoms with Crippen molar-refractivity contribution in [2.45, 2.75) is 43.6 Å². The third kappa shape index (κ3) is 1.92. The van der Waals surface area contributed by atoms with Crippen molar-refractivity contribution in [3.8, 4) is 0 Å². The monoisotopic (exact) mass is 355 g/mol. The normalized spacial score (nSPS) is 32.8. The van der Waals surface area contributed by atoms with Crippen LogP contribution in [-0.4, -0.2) is 35.6 Å². The maximum absolute atomic E-state index is 6.58. The maximum atomic E-state index is 6.58. The van der Waals surface area contributed by atoms with Crippen molar-refractivity contribution in [1.82, 2.24) is 9.88 Å². The molecule has 3 nitrogen and oxygen atoms in total. The summed E-state index contributed by atoms with van der Waals surface area (Å²) < 4.78 is 0.922. The van der Waals surface area contributed by atoms with Crippen molar-refractivity contribution in [2.75, 3.05) is 25.0 Å². The Morgan fingerprint density at radius 3 is 3.00 bits per heavy atom. The van der Waals surface area contributed by atoms with Gasteiger partial charge in [-0.1, -0.05) is 11.6 Å². The van der Waals surface area contributed by atoms with Crippen molar-refractivity contribution < 1.29 is 0 Å². The van der Waals surface area contributed by atoms with E-state index in [1.54, 1.807) is 6.20 Å². The quantitative estimate of drug-likeness (QED) is 0.829. The number of pyridine rings is 1. The van der Waals surface area contributed by atoms with E-state index in [0.717, 1.165) is 27.9 Å². The van der Waals surface area contributed by atoms with Crippen molar-refractivity contribution in [3.05, 3.63) is 21.3 Å². The molecule has 1 saturated heterocycles. The molecule has 2 unspecified atom stereocenters. The summed E-state index contributed by atoms with van der Waals surface area (Å²) in [6, 6.07) is 0.736. The molecular weight excluding hydrogens is 338 g/mol. The number of aromatic nitrogens is 1. The minimum atomic E-state index is 0.205. The van der Waals surface area contributed by atoms with Crippen molar-refractivity contribution in [2.24, 2.45) is 0 Å². The van der Waals surface area contributed by atoms with Gasteiger partial charge in [-0.15, -0.1) is 0 Å². The Morgan fingerprint density at radius 2 is 2.20 bits per heavy atom. The van der Waals surface area contributed by atoms with Crippen LogP contribution in [0.4, 0.5) is 5.82 Å². The standard InChI is InChI=1S/C15H19BrClN3/c16-11-8-18-14-12(13(11)17)15(9-19-14)4-3-10(7-15)20-5-1-2-6-20/h8,10H,1-7,9H2,(H,18,19). The molecule has 2 atom stereocenters. The van der Waals surface area contributed by atoms with E-state index in [1.807, 2.05) is 0 Å². The van der Waals surface area contributed by atoms with E-state index in [9.17, 15) is 0 Å². The number of nitrogens with one attached hydrogen (secondary N) is 1. The van der Waals surface area contributed by atoms with E-state index < -0.39 is 0 Å². The average Bonchev–Trinajstić information content (AvgIpc) is 3.15. The number of nitrogens with zero attached hydrogens (tertiary/aromatic N) is 2. The molecule has 20 heavy (non-hydrogen) atoms. The van der Waals surface area contributed by atoms with Gasteiger partial charge in [-0.2, -0.15) is 0 Å². The summed E-state index contributed by atoms with van der Waals surface area (Å²) in [5.74, 6) is 1.00. The van der Waals surface area contributed by atoms with E-state index in [2.05, 4.69) is 31.1 Å². The van der Waals surface area contributed by atoms with Gasteiger partial charge in [0, 0.05) is 29.8 Å². The van der Waals surface area contributed by atoms with Gasteiger partial charge in [-0.25, -0.2) is 4.98 Å². The van der Waals surface area contributed by atoms with E-state index >= 15 is 0 Å². The number of hydrogen-bond acceptors (Lipinski definition) is 3. The second-order valence-corrected chi connectivity index (χ2v) is 7.65. The summed E-state index contributed by atoms with van der Waals surface area (Å²) in [6.07, 6.45) is 8.29. The highest BCUT2D eigenvalue weighted by atomic mass is 79.9. The fourth-order valence-corrected chi connectivity index (χ4v) is 4.97. The predicted octanol–water partition coefficient (Wildman–Crippen LogP) is 3.81. The molecule has 1 spiro atoms. The number of hydrogen-bond donors (Lipinski definition) is 1. The fourth-order valence-electron chi connectivity index (χ4n) is 4.33. The highest BCUT2D eigenvalue weighted by molar-refractivity contribution is 9.10. The number of halogens is 2. The molecule has 5 heteroatoms. The summed E-state index contributed by atoms with van der Waals surface area (Å²) >= 11 is 10.1. The van der Waals surface area contributed by atoms with Crippen LogP contribution in [0.3, 0.4) is 0 Å². The number of fused-ring (bicyclic) bond motifs is 2. The molecular formula is C15H19BrClN3.